The average molecular weight is 405 g/mol. The molecule has 2 atom stereocenters. The number of methoxy groups -OCH3 is 1. The van der Waals surface area contributed by atoms with Crippen molar-refractivity contribution in [2.75, 3.05) is 7.11 Å². The van der Waals surface area contributed by atoms with E-state index in [4.69, 9.17) is 4.74 Å². The van der Waals surface area contributed by atoms with Gasteiger partial charge in [-0.3, -0.25) is 14.9 Å². The van der Waals surface area contributed by atoms with Crippen LogP contribution in [0.3, 0.4) is 0 Å². The molecule has 0 saturated heterocycles. The summed E-state index contributed by atoms with van der Waals surface area (Å²) in [6.45, 7) is 1.67. The van der Waals surface area contributed by atoms with Gasteiger partial charge in [-0.1, -0.05) is 31.2 Å². The van der Waals surface area contributed by atoms with Gasteiger partial charge in [-0.05, 0) is 23.8 Å². The van der Waals surface area contributed by atoms with E-state index in [0.717, 1.165) is 18.9 Å². The number of thioether (sulfide) groups is 1. The number of aliphatic hydroxyl groups excluding tert-OH is 1. The standard InChI is InChI=1S/C19H19NO7S/c1-3-16(21)27-13-10-8-12(9-11-13)18(17(22)19(23)26-2)28-15-7-5-4-6-14(15)20(24)25/h4-11,17-18,22H,3H2,1-2H3/t17-,18+/m1/s1. The normalized spacial score (nSPS) is 12.7. The Kier molecular flexibility index (Phi) is 7.53. The van der Waals surface area contributed by atoms with Crippen LogP contribution in [0.4, 0.5) is 5.69 Å². The van der Waals surface area contributed by atoms with Crippen molar-refractivity contribution in [3.8, 4) is 5.75 Å². The Morgan fingerprint density at radius 2 is 1.82 bits per heavy atom. The molecule has 0 aliphatic heterocycles. The number of nitro benzene ring substituents is 1. The van der Waals surface area contributed by atoms with Crippen molar-refractivity contribution in [2.24, 2.45) is 0 Å². The lowest BCUT2D eigenvalue weighted by atomic mass is 10.1. The molecule has 0 radical (unpaired) electrons. The lowest BCUT2D eigenvalue weighted by Crippen LogP contribution is -2.27. The molecule has 1 N–H and O–H groups in total. The first-order chi connectivity index (χ1) is 13.4. The second-order valence-electron chi connectivity index (χ2n) is 5.63. The molecule has 0 spiro atoms. The summed E-state index contributed by atoms with van der Waals surface area (Å²) in [5.74, 6) is -0.941. The van der Waals surface area contributed by atoms with Gasteiger partial charge in [-0.25, -0.2) is 4.79 Å². The summed E-state index contributed by atoms with van der Waals surface area (Å²) < 4.78 is 9.72. The Labute approximate surface area is 165 Å². The molecule has 0 aliphatic rings. The number of rotatable bonds is 8. The molecule has 0 heterocycles. The van der Waals surface area contributed by atoms with Gasteiger partial charge < -0.3 is 14.6 Å². The summed E-state index contributed by atoms with van der Waals surface area (Å²) in [5, 5.41) is 20.8. The number of hydrogen-bond acceptors (Lipinski definition) is 8. The van der Waals surface area contributed by atoms with E-state index in [0.29, 0.717) is 16.2 Å². The number of carbonyl (C=O) groups excluding carboxylic acids is 2. The SMILES string of the molecule is CCC(=O)Oc1ccc([C@H](Sc2ccccc2[N+](=O)[O-])[C@@H](O)C(=O)OC)cc1. The highest BCUT2D eigenvalue weighted by molar-refractivity contribution is 7.99. The minimum Gasteiger partial charge on any atom is -0.467 e. The summed E-state index contributed by atoms with van der Waals surface area (Å²) in [6.07, 6.45) is -1.34. The van der Waals surface area contributed by atoms with Crippen LogP contribution in [0.5, 0.6) is 5.75 Å². The molecule has 0 amide bonds. The Bertz CT molecular complexity index is 854. The van der Waals surface area contributed by atoms with Crippen LogP contribution in [0.1, 0.15) is 24.2 Å². The molecule has 8 nitrogen and oxygen atoms in total. The quantitative estimate of drug-likeness (QED) is 0.234. The van der Waals surface area contributed by atoms with Gasteiger partial charge in [0.15, 0.2) is 6.10 Å². The number of hydrogen-bond donors (Lipinski definition) is 1. The van der Waals surface area contributed by atoms with Gasteiger partial charge >= 0.3 is 11.9 Å². The van der Waals surface area contributed by atoms with Crippen LogP contribution in [0.25, 0.3) is 0 Å². The van der Waals surface area contributed by atoms with Crippen LogP contribution < -0.4 is 4.74 Å². The highest BCUT2D eigenvalue weighted by atomic mass is 32.2. The van der Waals surface area contributed by atoms with E-state index in [-0.39, 0.29) is 12.1 Å². The zero-order chi connectivity index (χ0) is 20.7. The molecule has 9 heteroatoms. The lowest BCUT2D eigenvalue weighted by Gasteiger charge is -2.21. The molecule has 0 aromatic heterocycles. The third kappa shape index (κ3) is 5.30. The first kappa shape index (κ1) is 21.4. The third-order valence-electron chi connectivity index (χ3n) is 3.77. The zero-order valence-corrected chi connectivity index (χ0v) is 16.0. The molecule has 0 fully saturated rings. The number of ether oxygens (including phenoxy) is 2. The van der Waals surface area contributed by atoms with Crippen LogP contribution in [0.15, 0.2) is 53.4 Å². The summed E-state index contributed by atoms with van der Waals surface area (Å²) in [7, 11) is 1.14. The molecule has 0 unspecified atom stereocenters. The molecule has 148 valence electrons. The Morgan fingerprint density at radius 3 is 2.39 bits per heavy atom. The minimum absolute atomic E-state index is 0.136. The predicted molar refractivity (Wildman–Crippen MR) is 102 cm³/mol. The van der Waals surface area contributed by atoms with Crippen molar-refractivity contribution >= 4 is 29.4 Å². The van der Waals surface area contributed by atoms with E-state index in [9.17, 15) is 24.8 Å². The summed E-state index contributed by atoms with van der Waals surface area (Å²) in [6, 6.07) is 12.3. The van der Waals surface area contributed by atoms with E-state index in [1.54, 1.807) is 25.1 Å². The van der Waals surface area contributed by atoms with E-state index in [1.807, 2.05) is 0 Å². The predicted octanol–water partition coefficient (Wildman–Crippen LogP) is 3.28. The molecule has 0 bridgehead atoms. The number of para-hydroxylation sites is 1. The largest absolute Gasteiger partial charge is 0.467 e. The van der Waals surface area contributed by atoms with Gasteiger partial charge in [-0.2, -0.15) is 0 Å². The van der Waals surface area contributed by atoms with Crippen molar-refractivity contribution in [1.29, 1.82) is 0 Å². The number of esters is 2. The maximum Gasteiger partial charge on any atom is 0.336 e. The lowest BCUT2D eigenvalue weighted by molar-refractivity contribution is -0.387. The maximum atomic E-state index is 11.9. The highest BCUT2D eigenvalue weighted by Crippen LogP contribution is 2.42. The number of benzene rings is 2. The fourth-order valence-corrected chi connectivity index (χ4v) is 3.56. The Hall–Kier alpha value is -2.91. The number of aliphatic hydroxyl groups is 1. The van der Waals surface area contributed by atoms with Crippen LogP contribution in [-0.2, 0) is 14.3 Å². The fraction of sp³-hybridized carbons (Fsp3) is 0.263. The molecule has 0 saturated carbocycles. The fourth-order valence-electron chi connectivity index (χ4n) is 2.33. The summed E-state index contributed by atoms with van der Waals surface area (Å²) >= 11 is 0.973. The first-order valence-corrected chi connectivity index (χ1v) is 9.22. The van der Waals surface area contributed by atoms with Crippen molar-refractivity contribution in [1.82, 2.24) is 0 Å². The molecular weight excluding hydrogens is 386 g/mol. The van der Waals surface area contributed by atoms with Gasteiger partial charge in [0.25, 0.3) is 5.69 Å². The monoisotopic (exact) mass is 405 g/mol. The summed E-state index contributed by atoms with van der Waals surface area (Å²) in [4.78, 5) is 34.3. The van der Waals surface area contributed by atoms with Crippen molar-refractivity contribution < 1.29 is 29.1 Å². The van der Waals surface area contributed by atoms with Gasteiger partial charge in [0.1, 0.15) is 5.75 Å². The van der Waals surface area contributed by atoms with Gasteiger partial charge in [0, 0.05) is 12.5 Å². The topological polar surface area (TPSA) is 116 Å². The smallest absolute Gasteiger partial charge is 0.336 e. The van der Waals surface area contributed by atoms with Crippen molar-refractivity contribution in [3.05, 3.63) is 64.2 Å². The van der Waals surface area contributed by atoms with Gasteiger partial charge in [0.05, 0.1) is 22.2 Å². The van der Waals surface area contributed by atoms with Crippen LogP contribution in [0, 0.1) is 10.1 Å². The Balaban J connectivity index is 2.36. The molecule has 2 rings (SSSR count). The van der Waals surface area contributed by atoms with E-state index < -0.39 is 28.2 Å². The number of carbonyl (C=O) groups is 2. The number of nitro groups is 1. The molecule has 2 aromatic carbocycles. The third-order valence-corrected chi connectivity index (χ3v) is 5.16. The van der Waals surface area contributed by atoms with Crippen molar-refractivity contribution in [2.45, 2.75) is 29.6 Å². The van der Waals surface area contributed by atoms with Crippen LogP contribution in [0.2, 0.25) is 0 Å². The average Bonchev–Trinajstić information content (AvgIpc) is 2.71. The van der Waals surface area contributed by atoms with Crippen LogP contribution in [-0.4, -0.2) is 35.2 Å². The van der Waals surface area contributed by atoms with E-state index in [1.165, 1.54) is 30.3 Å². The second kappa shape index (κ2) is 9.86. The van der Waals surface area contributed by atoms with E-state index in [2.05, 4.69) is 4.74 Å². The first-order valence-electron chi connectivity index (χ1n) is 8.34. The highest BCUT2D eigenvalue weighted by Gasteiger charge is 2.31. The van der Waals surface area contributed by atoms with Gasteiger partial charge in [0.2, 0.25) is 0 Å². The molecule has 28 heavy (non-hydrogen) atoms. The minimum atomic E-state index is -1.56. The van der Waals surface area contributed by atoms with Gasteiger partial charge in [-0.15, -0.1) is 11.8 Å². The Morgan fingerprint density at radius 1 is 1.18 bits per heavy atom. The summed E-state index contributed by atoms with van der Waals surface area (Å²) in [5.41, 5.74) is 0.375. The molecular formula is C19H19NO7S. The van der Waals surface area contributed by atoms with Crippen molar-refractivity contribution in [3.63, 3.8) is 0 Å². The zero-order valence-electron chi connectivity index (χ0n) is 15.2. The molecule has 0 aliphatic carbocycles. The number of nitrogens with zero attached hydrogens (tertiary/aromatic N) is 1. The molecule has 2 aromatic rings. The second-order valence-corrected chi connectivity index (χ2v) is 6.81. The van der Waals surface area contributed by atoms with Crippen LogP contribution >= 0.6 is 11.8 Å². The maximum absolute atomic E-state index is 11.9. The van der Waals surface area contributed by atoms with E-state index >= 15 is 0 Å².